The van der Waals surface area contributed by atoms with Crippen molar-refractivity contribution in [2.45, 2.75) is 13.3 Å². The number of nitrogens with zero attached hydrogens (tertiary/aromatic N) is 1. The van der Waals surface area contributed by atoms with Crippen LogP contribution in [0, 0.1) is 0 Å². The number of carbonyl (C=O) groups excluding carboxylic acids is 1. The van der Waals surface area contributed by atoms with Crippen molar-refractivity contribution in [2.24, 2.45) is 4.99 Å². The number of aliphatic imine (C=N–C) groups is 1. The van der Waals surface area contributed by atoms with Crippen LogP contribution in [0.4, 0.5) is 0 Å². The smallest absolute Gasteiger partial charge is 0.352 e. The summed E-state index contributed by atoms with van der Waals surface area (Å²) in [6, 6.07) is 7.94. The summed E-state index contributed by atoms with van der Waals surface area (Å²) in [6.07, 6.45) is 4.08. The first-order chi connectivity index (χ1) is 7.81. The Kier molecular flexibility index (Phi) is 3.15. The number of ether oxygens (including phenoxy) is 1. The quantitative estimate of drug-likeness (QED) is 0.709. The molecule has 1 aliphatic rings. The molecule has 0 bridgehead atoms. The van der Waals surface area contributed by atoms with Crippen molar-refractivity contribution in [1.29, 1.82) is 0 Å². The van der Waals surface area contributed by atoms with Crippen LogP contribution in [0.2, 0.25) is 0 Å². The molecular formula is C13H13NO2. The largest absolute Gasteiger partial charge is 0.461 e. The highest BCUT2D eigenvalue weighted by molar-refractivity contribution is 6.37. The molecule has 3 heteroatoms. The van der Waals surface area contributed by atoms with Gasteiger partial charge in [-0.25, -0.2) is 4.79 Å². The molecule has 0 unspecified atom stereocenters. The molecule has 0 aromatic heterocycles. The Labute approximate surface area is 94.5 Å². The van der Waals surface area contributed by atoms with Gasteiger partial charge in [-0.15, -0.1) is 0 Å². The molecule has 16 heavy (non-hydrogen) atoms. The minimum absolute atomic E-state index is 0.330. The molecule has 0 aliphatic carbocycles. The molecule has 2 rings (SSSR count). The van der Waals surface area contributed by atoms with Crippen LogP contribution in [0.5, 0.6) is 0 Å². The van der Waals surface area contributed by atoms with Gasteiger partial charge < -0.3 is 4.74 Å². The molecule has 0 N–H and O–H groups in total. The van der Waals surface area contributed by atoms with Crippen molar-refractivity contribution < 1.29 is 9.53 Å². The third-order valence-corrected chi connectivity index (χ3v) is 2.41. The SMILES string of the molecule is CCOC(=O)C1=NC=Cc2ccccc2C1. The molecule has 0 radical (unpaired) electrons. The van der Waals surface area contributed by atoms with Gasteiger partial charge in [-0.1, -0.05) is 24.3 Å². The molecule has 0 fully saturated rings. The van der Waals surface area contributed by atoms with Crippen molar-refractivity contribution in [3.63, 3.8) is 0 Å². The second-order valence-corrected chi connectivity index (χ2v) is 3.49. The molecule has 3 nitrogen and oxygen atoms in total. The van der Waals surface area contributed by atoms with E-state index in [-0.39, 0.29) is 5.97 Å². The zero-order valence-electron chi connectivity index (χ0n) is 9.14. The second-order valence-electron chi connectivity index (χ2n) is 3.49. The lowest BCUT2D eigenvalue weighted by molar-refractivity contribution is -0.135. The Balaban J connectivity index is 2.26. The maximum atomic E-state index is 11.6. The number of hydrogen-bond donors (Lipinski definition) is 0. The zero-order chi connectivity index (χ0) is 11.4. The molecule has 1 aromatic carbocycles. The molecule has 0 amide bonds. The van der Waals surface area contributed by atoms with Gasteiger partial charge in [0.2, 0.25) is 0 Å². The molecule has 0 saturated heterocycles. The van der Waals surface area contributed by atoms with Crippen LogP contribution in [-0.2, 0) is 16.0 Å². The van der Waals surface area contributed by atoms with E-state index in [1.54, 1.807) is 13.1 Å². The van der Waals surface area contributed by atoms with E-state index in [0.717, 1.165) is 11.1 Å². The third-order valence-electron chi connectivity index (χ3n) is 2.41. The highest BCUT2D eigenvalue weighted by Crippen LogP contribution is 2.15. The highest BCUT2D eigenvalue weighted by Gasteiger charge is 2.15. The zero-order valence-corrected chi connectivity index (χ0v) is 9.14. The molecule has 1 aliphatic heterocycles. The Morgan fingerprint density at radius 3 is 3.06 bits per heavy atom. The first-order valence-electron chi connectivity index (χ1n) is 5.29. The number of hydrogen-bond acceptors (Lipinski definition) is 3. The van der Waals surface area contributed by atoms with Crippen LogP contribution in [-0.4, -0.2) is 18.3 Å². The van der Waals surface area contributed by atoms with Gasteiger partial charge in [-0.05, 0) is 24.1 Å². The van der Waals surface area contributed by atoms with Crippen LogP contribution in [0.1, 0.15) is 18.1 Å². The highest BCUT2D eigenvalue weighted by atomic mass is 16.5. The Bertz CT molecular complexity index is 461. The molecule has 82 valence electrons. The van der Waals surface area contributed by atoms with Gasteiger partial charge in [0, 0.05) is 12.6 Å². The van der Waals surface area contributed by atoms with Crippen LogP contribution in [0.15, 0.2) is 35.5 Å². The average molecular weight is 215 g/mol. The first-order valence-corrected chi connectivity index (χ1v) is 5.29. The summed E-state index contributed by atoms with van der Waals surface area (Å²) < 4.78 is 4.95. The third kappa shape index (κ3) is 2.19. The monoisotopic (exact) mass is 215 g/mol. The first kappa shape index (κ1) is 10.6. The van der Waals surface area contributed by atoms with Gasteiger partial charge in [0.15, 0.2) is 0 Å². The van der Waals surface area contributed by atoms with Gasteiger partial charge >= 0.3 is 5.97 Å². The Hall–Kier alpha value is -1.90. The average Bonchev–Trinajstić information content (AvgIpc) is 2.51. The second kappa shape index (κ2) is 4.75. The molecule has 1 aromatic rings. The van der Waals surface area contributed by atoms with Gasteiger partial charge in [0.1, 0.15) is 5.71 Å². The van der Waals surface area contributed by atoms with Crippen molar-refractivity contribution in [3.05, 3.63) is 41.6 Å². The topological polar surface area (TPSA) is 38.7 Å². The van der Waals surface area contributed by atoms with Crippen molar-refractivity contribution >= 4 is 17.8 Å². The minimum atomic E-state index is -0.330. The minimum Gasteiger partial charge on any atom is -0.461 e. The summed E-state index contributed by atoms with van der Waals surface area (Å²) in [5.74, 6) is -0.330. The molecule has 0 saturated carbocycles. The number of esters is 1. The molecule has 0 spiro atoms. The van der Waals surface area contributed by atoms with E-state index in [4.69, 9.17) is 4.74 Å². The maximum Gasteiger partial charge on any atom is 0.352 e. The summed E-state index contributed by atoms with van der Waals surface area (Å²) in [4.78, 5) is 15.7. The standard InChI is InChI=1S/C13H13NO2/c1-2-16-13(15)12-9-11-6-4-3-5-10(11)7-8-14-12/h3-8H,2,9H2,1H3. The number of rotatable bonds is 2. The van der Waals surface area contributed by atoms with E-state index in [1.807, 2.05) is 30.3 Å². The fraction of sp³-hybridized carbons (Fsp3) is 0.231. The normalized spacial score (nSPS) is 13.7. The summed E-state index contributed by atoms with van der Waals surface area (Å²) >= 11 is 0. The summed E-state index contributed by atoms with van der Waals surface area (Å²) in [7, 11) is 0. The maximum absolute atomic E-state index is 11.6. The van der Waals surface area contributed by atoms with Crippen molar-refractivity contribution in [1.82, 2.24) is 0 Å². The Morgan fingerprint density at radius 2 is 2.25 bits per heavy atom. The summed E-state index contributed by atoms with van der Waals surface area (Å²) in [5.41, 5.74) is 2.66. The molecular weight excluding hydrogens is 202 g/mol. The lowest BCUT2D eigenvalue weighted by Gasteiger charge is -2.05. The van der Waals surface area contributed by atoms with E-state index in [9.17, 15) is 4.79 Å². The predicted octanol–water partition coefficient (Wildman–Crippen LogP) is 2.22. The number of carbonyl (C=O) groups is 1. The van der Waals surface area contributed by atoms with Crippen LogP contribution in [0.25, 0.3) is 6.08 Å². The van der Waals surface area contributed by atoms with E-state index in [1.165, 1.54) is 0 Å². The summed E-state index contributed by atoms with van der Waals surface area (Å²) in [5, 5.41) is 0. The van der Waals surface area contributed by atoms with E-state index in [2.05, 4.69) is 4.99 Å². The van der Waals surface area contributed by atoms with Crippen LogP contribution in [0.3, 0.4) is 0 Å². The van der Waals surface area contributed by atoms with E-state index in [0.29, 0.717) is 18.7 Å². The van der Waals surface area contributed by atoms with Crippen molar-refractivity contribution in [3.8, 4) is 0 Å². The van der Waals surface area contributed by atoms with Gasteiger partial charge in [0.05, 0.1) is 6.61 Å². The van der Waals surface area contributed by atoms with Crippen LogP contribution >= 0.6 is 0 Å². The fourth-order valence-corrected chi connectivity index (χ4v) is 1.63. The molecule has 0 atom stereocenters. The Morgan fingerprint density at radius 1 is 1.44 bits per heavy atom. The summed E-state index contributed by atoms with van der Waals surface area (Å²) in [6.45, 7) is 2.17. The van der Waals surface area contributed by atoms with Crippen LogP contribution < -0.4 is 0 Å². The van der Waals surface area contributed by atoms with Gasteiger partial charge in [-0.3, -0.25) is 4.99 Å². The fourth-order valence-electron chi connectivity index (χ4n) is 1.63. The molecule has 1 heterocycles. The van der Waals surface area contributed by atoms with E-state index < -0.39 is 0 Å². The van der Waals surface area contributed by atoms with Gasteiger partial charge in [0.25, 0.3) is 0 Å². The van der Waals surface area contributed by atoms with E-state index >= 15 is 0 Å². The number of fused-ring (bicyclic) bond motifs is 1. The predicted molar refractivity (Wildman–Crippen MR) is 63.2 cm³/mol. The lowest BCUT2D eigenvalue weighted by Crippen LogP contribution is -2.19. The van der Waals surface area contributed by atoms with Crippen molar-refractivity contribution in [2.75, 3.05) is 6.61 Å². The lowest BCUT2D eigenvalue weighted by atomic mass is 10.0. The number of benzene rings is 1. The van der Waals surface area contributed by atoms with Gasteiger partial charge in [-0.2, -0.15) is 0 Å².